The van der Waals surface area contributed by atoms with Crippen LogP contribution in [0, 0.1) is 0 Å². The van der Waals surface area contributed by atoms with E-state index in [1.165, 1.54) is 7.11 Å². The van der Waals surface area contributed by atoms with Gasteiger partial charge in [-0.2, -0.15) is 0 Å². The summed E-state index contributed by atoms with van der Waals surface area (Å²) in [4.78, 5) is 23.4. The number of esters is 1. The van der Waals surface area contributed by atoms with Gasteiger partial charge >= 0.3 is 5.97 Å². The van der Waals surface area contributed by atoms with Crippen LogP contribution in [0.4, 0.5) is 0 Å². The number of hydrogen-bond donors (Lipinski definition) is 2. The molecule has 2 N–H and O–H groups in total. The Balaban J connectivity index is 2.33. The number of ether oxygens (including phenoxy) is 1. The Morgan fingerprint density at radius 2 is 1.95 bits per heavy atom. The van der Waals surface area contributed by atoms with E-state index in [1.54, 1.807) is 0 Å². The van der Waals surface area contributed by atoms with Crippen LogP contribution in [0.25, 0.3) is 0 Å². The van der Waals surface area contributed by atoms with E-state index >= 15 is 0 Å². The minimum absolute atomic E-state index is 0.107. The Labute approximate surface area is 126 Å². The van der Waals surface area contributed by atoms with Crippen molar-refractivity contribution in [3.8, 4) is 0 Å². The molecule has 1 unspecified atom stereocenters. The molecule has 5 nitrogen and oxygen atoms in total. The van der Waals surface area contributed by atoms with Crippen LogP contribution < -0.4 is 10.6 Å². The molecule has 0 radical (unpaired) electrons. The minimum Gasteiger partial charge on any atom is -0.468 e. The highest BCUT2D eigenvalue weighted by molar-refractivity contribution is 5.80. The smallest absolute Gasteiger partial charge is 0.322 e. The van der Waals surface area contributed by atoms with Gasteiger partial charge in [0.15, 0.2) is 0 Å². The third kappa shape index (κ3) is 6.90. The van der Waals surface area contributed by atoms with Gasteiger partial charge in [-0.25, -0.2) is 0 Å². The van der Waals surface area contributed by atoms with Gasteiger partial charge in [-0.05, 0) is 12.0 Å². The molecule has 0 aromatic heterocycles. The van der Waals surface area contributed by atoms with E-state index in [2.05, 4.69) is 17.6 Å². The lowest BCUT2D eigenvalue weighted by Gasteiger charge is -2.15. The van der Waals surface area contributed by atoms with Gasteiger partial charge in [0.2, 0.25) is 5.91 Å². The van der Waals surface area contributed by atoms with Crippen molar-refractivity contribution in [2.45, 2.75) is 38.8 Å². The van der Waals surface area contributed by atoms with Crippen molar-refractivity contribution in [3.63, 3.8) is 0 Å². The molecule has 0 aliphatic heterocycles. The molecule has 0 saturated heterocycles. The molecule has 0 heterocycles. The van der Waals surface area contributed by atoms with Gasteiger partial charge in [0.1, 0.15) is 6.04 Å². The number of nitrogens with one attached hydrogen (secondary N) is 2. The van der Waals surface area contributed by atoms with Gasteiger partial charge < -0.3 is 10.1 Å². The number of unbranched alkanes of at least 4 members (excludes halogenated alkanes) is 1. The van der Waals surface area contributed by atoms with Crippen molar-refractivity contribution in [1.29, 1.82) is 0 Å². The summed E-state index contributed by atoms with van der Waals surface area (Å²) in [5.41, 5.74) is 1.04. The summed E-state index contributed by atoms with van der Waals surface area (Å²) in [5.74, 6) is -0.455. The molecule has 0 saturated carbocycles. The van der Waals surface area contributed by atoms with Crippen LogP contribution in [0.2, 0.25) is 0 Å². The number of benzene rings is 1. The first kappa shape index (κ1) is 17.2. The highest BCUT2D eigenvalue weighted by Crippen LogP contribution is 2.02. The van der Waals surface area contributed by atoms with E-state index < -0.39 is 6.04 Å². The van der Waals surface area contributed by atoms with Gasteiger partial charge in [0, 0.05) is 6.54 Å². The van der Waals surface area contributed by atoms with Crippen molar-refractivity contribution in [2.75, 3.05) is 13.7 Å². The second-order valence-electron chi connectivity index (χ2n) is 4.86. The zero-order chi connectivity index (χ0) is 15.5. The highest BCUT2D eigenvalue weighted by Gasteiger charge is 2.18. The van der Waals surface area contributed by atoms with Crippen LogP contribution in [0.1, 0.15) is 31.7 Å². The Morgan fingerprint density at radius 1 is 1.24 bits per heavy atom. The largest absolute Gasteiger partial charge is 0.468 e. The van der Waals surface area contributed by atoms with E-state index in [-0.39, 0.29) is 18.4 Å². The van der Waals surface area contributed by atoms with Crippen LogP contribution >= 0.6 is 0 Å². The number of carbonyl (C=O) groups is 2. The molecule has 0 aliphatic carbocycles. The topological polar surface area (TPSA) is 67.4 Å². The highest BCUT2D eigenvalue weighted by atomic mass is 16.5. The lowest BCUT2D eigenvalue weighted by Crippen LogP contribution is -2.43. The van der Waals surface area contributed by atoms with E-state index in [4.69, 9.17) is 4.74 Å². The minimum atomic E-state index is -0.419. The molecule has 1 amide bonds. The Bertz CT molecular complexity index is 434. The second kappa shape index (κ2) is 9.94. The fourth-order valence-electron chi connectivity index (χ4n) is 1.93. The van der Waals surface area contributed by atoms with E-state index in [0.29, 0.717) is 13.0 Å². The fourth-order valence-corrected chi connectivity index (χ4v) is 1.93. The normalized spacial score (nSPS) is 11.7. The summed E-state index contributed by atoms with van der Waals surface area (Å²) >= 11 is 0. The maximum Gasteiger partial charge on any atom is 0.322 e. The monoisotopic (exact) mass is 292 g/mol. The molecule has 0 bridgehead atoms. The predicted molar refractivity (Wildman–Crippen MR) is 81.6 cm³/mol. The number of amides is 1. The zero-order valence-corrected chi connectivity index (χ0v) is 12.7. The summed E-state index contributed by atoms with van der Waals surface area (Å²) in [5, 5.41) is 5.77. The van der Waals surface area contributed by atoms with E-state index in [9.17, 15) is 9.59 Å². The zero-order valence-electron chi connectivity index (χ0n) is 12.7. The maximum atomic E-state index is 11.8. The quantitative estimate of drug-likeness (QED) is 0.679. The first-order chi connectivity index (χ1) is 10.2. The SMILES string of the molecule is CCCCC(NCC(=O)NCc1ccccc1)C(=O)OC. The molecule has 0 fully saturated rings. The third-order valence-corrected chi connectivity index (χ3v) is 3.17. The molecule has 0 aliphatic rings. The van der Waals surface area contributed by atoms with Crippen LogP contribution in [0.3, 0.4) is 0 Å². The van der Waals surface area contributed by atoms with Crippen LogP contribution in [0.5, 0.6) is 0 Å². The summed E-state index contributed by atoms with van der Waals surface area (Å²) in [6.45, 7) is 2.65. The molecule has 116 valence electrons. The summed E-state index contributed by atoms with van der Waals surface area (Å²) < 4.78 is 4.74. The summed E-state index contributed by atoms with van der Waals surface area (Å²) in [7, 11) is 1.36. The molecule has 5 heteroatoms. The van der Waals surface area contributed by atoms with Gasteiger partial charge in [-0.1, -0.05) is 50.1 Å². The van der Waals surface area contributed by atoms with Crippen molar-refractivity contribution < 1.29 is 14.3 Å². The second-order valence-corrected chi connectivity index (χ2v) is 4.86. The van der Waals surface area contributed by atoms with Gasteiger partial charge in [0.05, 0.1) is 13.7 Å². The number of methoxy groups -OCH3 is 1. The lowest BCUT2D eigenvalue weighted by molar-refractivity contribution is -0.143. The van der Waals surface area contributed by atoms with Crippen molar-refractivity contribution in [2.24, 2.45) is 0 Å². The number of carbonyl (C=O) groups excluding carboxylic acids is 2. The first-order valence-corrected chi connectivity index (χ1v) is 7.29. The van der Waals surface area contributed by atoms with Crippen molar-refractivity contribution >= 4 is 11.9 Å². The number of rotatable bonds is 9. The molecular weight excluding hydrogens is 268 g/mol. The lowest BCUT2D eigenvalue weighted by atomic mass is 10.1. The maximum absolute atomic E-state index is 11.8. The Morgan fingerprint density at radius 3 is 2.57 bits per heavy atom. The van der Waals surface area contributed by atoms with Crippen LogP contribution in [-0.2, 0) is 20.9 Å². The summed E-state index contributed by atoms with van der Waals surface area (Å²) in [6, 6.07) is 9.27. The van der Waals surface area contributed by atoms with Crippen molar-refractivity contribution in [3.05, 3.63) is 35.9 Å². The molecule has 0 spiro atoms. The number of hydrogen-bond acceptors (Lipinski definition) is 4. The third-order valence-electron chi connectivity index (χ3n) is 3.17. The summed E-state index contributed by atoms with van der Waals surface area (Å²) in [6.07, 6.45) is 2.59. The van der Waals surface area contributed by atoms with Crippen LogP contribution in [0.15, 0.2) is 30.3 Å². The molecule has 1 aromatic carbocycles. The fraction of sp³-hybridized carbons (Fsp3) is 0.500. The molecular formula is C16H24N2O3. The van der Waals surface area contributed by atoms with Crippen molar-refractivity contribution in [1.82, 2.24) is 10.6 Å². The van der Waals surface area contributed by atoms with E-state index in [1.807, 2.05) is 30.3 Å². The average Bonchev–Trinajstić information content (AvgIpc) is 2.53. The standard InChI is InChI=1S/C16H24N2O3/c1-3-4-10-14(16(20)21-2)17-12-15(19)18-11-13-8-6-5-7-9-13/h5-9,14,17H,3-4,10-12H2,1-2H3,(H,18,19). The first-order valence-electron chi connectivity index (χ1n) is 7.29. The molecule has 1 aromatic rings. The van der Waals surface area contributed by atoms with Crippen LogP contribution in [-0.4, -0.2) is 31.6 Å². The molecule has 21 heavy (non-hydrogen) atoms. The van der Waals surface area contributed by atoms with Gasteiger partial charge in [0.25, 0.3) is 0 Å². The predicted octanol–water partition coefficient (Wildman–Crippen LogP) is 1.62. The Hall–Kier alpha value is -1.88. The molecule has 1 atom stereocenters. The molecule has 1 rings (SSSR count). The average molecular weight is 292 g/mol. The Kier molecular flexibility index (Phi) is 8.12. The van der Waals surface area contributed by atoms with Gasteiger partial charge in [-0.15, -0.1) is 0 Å². The van der Waals surface area contributed by atoms with E-state index in [0.717, 1.165) is 18.4 Å². The van der Waals surface area contributed by atoms with Gasteiger partial charge in [-0.3, -0.25) is 14.9 Å².